The van der Waals surface area contributed by atoms with E-state index in [2.05, 4.69) is 5.32 Å². The molecule has 29 heavy (non-hydrogen) atoms. The lowest BCUT2D eigenvalue weighted by Gasteiger charge is -2.26. The molecule has 0 atom stereocenters. The molecule has 1 aromatic carbocycles. The summed E-state index contributed by atoms with van der Waals surface area (Å²) < 4.78 is 54.7. The standard InChI is InChI=1S/C17H21N3O6S3/c18-28(22,23)14-3-1-13(2-4-14)5-7-19-17(21)16-15(6-12-27-16)29(24,25)20-8-10-26-11-9-20/h1-4,6,12H,5,7-11H2,(H,19,21)(H2,18,22,23). The molecule has 9 nitrogen and oxygen atoms in total. The Morgan fingerprint density at radius 3 is 2.38 bits per heavy atom. The fraction of sp³-hybridized carbons (Fsp3) is 0.353. The zero-order chi connectivity index (χ0) is 21.1. The molecule has 2 heterocycles. The number of morpholine rings is 1. The fourth-order valence-electron chi connectivity index (χ4n) is 2.84. The van der Waals surface area contributed by atoms with Crippen molar-refractivity contribution in [3.05, 3.63) is 46.2 Å². The molecule has 1 saturated heterocycles. The molecule has 0 aliphatic carbocycles. The molecule has 1 fully saturated rings. The van der Waals surface area contributed by atoms with Gasteiger partial charge in [-0.3, -0.25) is 4.79 Å². The van der Waals surface area contributed by atoms with E-state index in [-0.39, 0.29) is 34.3 Å². The summed E-state index contributed by atoms with van der Waals surface area (Å²) in [6.07, 6.45) is 0.452. The van der Waals surface area contributed by atoms with Crippen molar-refractivity contribution in [1.29, 1.82) is 0 Å². The molecule has 0 bridgehead atoms. The van der Waals surface area contributed by atoms with Crippen molar-refractivity contribution in [2.45, 2.75) is 16.2 Å². The van der Waals surface area contributed by atoms with E-state index in [1.165, 1.54) is 22.5 Å². The Kier molecular flexibility index (Phi) is 6.71. The minimum absolute atomic E-state index is 0.000551. The first-order chi connectivity index (χ1) is 13.7. The predicted molar refractivity (Wildman–Crippen MR) is 108 cm³/mol. The Balaban J connectivity index is 1.63. The van der Waals surface area contributed by atoms with E-state index < -0.39 is 26.0 Å². The number of thiophene rings is 1. The molecule has 158 valence electrons. The van der Waals surface area contributed by atoms with Crippen molar-refractivity contribution in [3.8, 4) is 0 Å². The third-order valence-corrected chi connectivity index (χ3v) is 8.29. The number of rotatable bonds is 7. The average Bonchev–Trinajstić information content (AvgIpc) is 3.19. The summed E-state index contributed by atoms with van der Waals surface area (Å²) in [7, 11) is -7.50. The third kappa shape index (κ3) is 5.21. The summed E-state index contributed by atoms with van der Waals surface area (Å²) in [5, 5.41) is 9.35. The Hall–Kier alpha value is -1.83. The highest BCUT2D eigenvalue weighted by atomic mass is 32.2. The summed E-state index contributed by atoms with van der Waals surface area (Å²) in [5.74, 6) is -0.465. The van der Waals surface area contributed by atoms with Crippen LogP contribution in [0.15, 0.2) is 45.5 Å². The van der Waals surface area contributed by atoms with Crippen LogP contribution < -0.4 is 10.5 Å². The number of sulfonamides is 2. The molecule has 0 unspecified atom stereocenters. The number of benzene rings is 1. The van der Waals surface area contributed by atoms with Gasteiger partial charge in [-0.1, -0.05) is 12.1 Å². The second kappa shape index (κ2) is 8.90. The van der Waals surface area contributed by atoms with Crippen LogP contribution in [0.2, 0.25) is 0 Å². The van der Waals surface area contributed by atoms with Crippen molar-refractivity contribution in [3.63, 3.8) is 0 Å². The van der Waals surface area contributed by atoms with Crippen molar-refractivity contribution in [2.24, 2.45) is 5.14 Å². The van der Waals surface area contributed by atoms with E-state index in [4.69, 9.17) is 9.88 Å². The third-order valence-electron chi connectivity index (χ3n) is 4.37. The molecule has 0 spiro atoms. The number of nitrogens with one attached hydrogen (secondary N) is 1. The van der Waals surface area contributed by atoms with E-state index in [0.717, 1.165) is 16.9 Å². The van der Waals surface area contributed by atoms with Crippen molar-refractivity contribution in [1.82, 2.24) is 9.62 Å². The van der Waals surface area contributed by atoms with E-state index in [0.29, 0.717) is 19.6 Å². The van der Waals surface area contributed by atoms with Crippen LogP contribution in [0.5, 0.6) is 0 Å². The molecule has 1 amide bonds. The first-order valence-electron chi connectivity index (χ1n) is 8.75. The van der Waals surface area contributed by atoms with Gasteiger partial charge < -0.3 is 10.1 Å². The van der Waals surface area contributed by atoms with Crippen LogP contribution in [-0.2, 0) is 31.2 Å². The van der Waals surface area contributed by atoms with Crippen LogP contribution in [-0.4, -0.2) is 59.9 Å². The first-order valence-corrected chi connectivity index (χ1v) is 12.6. The number of nitrogens with zero attached hydrogens (tertiary/aromatic N) is 1. The minimum Gasteiger partial charge on any atom is -0.379 e. The van der Waals surface area contributed by atoms with Crippen molar-refractivity contribution >= 4 is 37.3 Å². The molecule has 1 aliphatic rings. The number of primary sulfonamides is 1. The first kappa shape index (κ1) is 21.9. The number of hydrogen-bond donors (Lipinski definition) is 2. The van der Waals surface area contributed by atoms with Crippen molar-refractivity contribution in [2.75, 3.05) is 32.8 Å². The van der Waals surface area contributed by atoms with E-state index in [9.17, 15) is 21.6 Å². The van der Waals surface area contributed by atoms with E-state index in [1.807, 2.05) is 0 Å². The SMILES string of the molecule is NS(=O)(=O)c1ccc(CCNC(=O)c2sccc2S(=O)(=O)N2CCOCC2)cc1. The lowest BCUT2D eigenvalue weighted by Crippen LogP contribution is -2.41. The lowest BCUT2D eigenvalue weighted by molar-refractivity contribution is 0.0730. The van der Waals surface area contributed by atoms with E-state index >= 15 is 0 Å². The van der Waals surface area contributed by atoms with Gasteiger partial charge in [-0.05, 0) is 35.6 Å². The molecule has 0 saturated carbocycles. The van der Waals surface area contributed by atoms with Gasteiger partial charge in [0.05, 0.1) is 18.1 Å². The maximum absolute atomic E-state index is 12.8. The number of amides is 1. The Morgan fingerprint density at radius 1 is 1.10 bits per heavy atom. The topological polar surface area (TPSA) is 136 Å². The van der Waals surface area contributed by atoms with Crippen LogP contribution in [0.4, 0.5) is 0 Å². The number of nitrogens with two attached hydrogens (primary N) is 1. The van der Waals surface area contributed by atoms with Gasteiger partial charge >= 0.3 is 0 Å². The van der Waals surface area contributed by atoms with Crippen LogP contribution in [0.25, 0.3) is 0 Å². The quantitative estimate of drug-likeness (QED) is 0.615. The highest BCUT2D eigenvalue weighted by Crippen LogP contribution is 2.25. The minimum atomic E-state index is -3.76. The maximum atomic E-state index is 12.8. The molecular formula is C17H21N3O6S3. The largest absolute Gasteiger partial charge is 0.379 e. The summed E-state index contributed by atoms with van der Waals surface area (Å²) in [5.41, 5.74) is 0.810. The highest BCUT2D eigenvalue weighted by Gasteiger charge is 2.31. The predicted octanol–water partition coefficient (Wildman–Crippen LogP) is 0.389. The number of hydrogen-bond acceptors (Lipinski definition) is 7. The van der Waals surface area contributed by atoms with Gasteiger partial charge in [-0.25, -0.2) is 22.0 Å². The van der Waals surface area contributed by atoms with Crippen LogP contribution in [0.3, 0.4) is 0 Å². The van der Waals surface area contributed by atoms with Gasteiger partial charge in [-0.15, -0.1) is 11.3 Å². The lowest BCUT2D eigenvalue weighted by atomic mass is 10.1. The zero-order valence-electron chi connectivity index (χ0n) is 15.4. The second-order valence-electron chi connectivity index (χ2n) is 6.33. The molecule has 12 heteroatoms. The highest BCUT2D eigenvalue weighted by molar-refractivity contribution is 7.89. The molecule has 3 N–H and O–H groups in total. The molecule has 1 aliphatic heterocycles. The van der Waals surface area contributed by atoms with Gasteiger partial charge in [0, 0.05) is 19.6 Å². The summed E-state index contributed by atoms with van der Waals surface area (Å²) in [4.78, 5) is 12.7. The van der Waals surface area contributed by atoms with Gasteiger partial charge in [0.2, 0.25) is 20.0 Å². The van der Waals surface area contributed by atoms with Crippen LogP contribution >= 0.6 is 11.3 Å². The second-order valence-corrected chi connectivity index (χ2v) is 10.7. The fourth-order valence-corrected chi connectivity index (χ4v) is 6.08. The average molecular weight is 460 g/mol. The summed E-state index contributed by atoms with van der Waals surface area (Å²) in [6.45, 7) is 1.44. The number of carbonyl (C=O) groups excluding carboxylic acids is 1. The Bertz CT molecular complexity index is 1070. The van der Waals surface area contributed by atoms with Gasteiger partial charge in [0.1, 0.15) is 9.77 Å². The number of ether oxygens (including phenoxy) is 1. The van der Waals surface area contributed by atoms with Gasteiger partial charge in [0.15, 0.2) is 0 Å². The van der Waals surface area contributed by atoms with Gasteiger partial charge in [-0.2, -0.15) is 4.31 Å². The van der Waals surface area contributed by atoms with Crippen LogP contribution in [0, 0.1) is 0 Å². The molecular weight excluding hydrogens is 438 g/mol. The van der Waals surface area contributed by atoms with Crippen molar-refractivity contribution < 1.29 is 26.4 Å². The van der Waals surface area contributed by atoms with Crippen LogP contribution in [0.1, 0.15) is 15.2 Å². The molecule has 3 rings (SSSR count). The smallest absolute Gasteiger partial charge is 0.262 e. The summed E-state index contributed by atoms with van der Waals surface area (Å²) in [6, 6.07) is 7.48. The zero-order valence-corrected chi connectivity index (χ0v) is 17.9. The van der Waals surface area contributed by atoms with Gasteiger partial charge in [0.25, 0.3) is 5.91 Å². The molecule has 1 aromatic heterocycles. The summed E-state index contributed by atoms with van der Waals surface area (Å²) >= 11 is 1.07. The maximum Gasteiger partial charge on any atom is 0.262 e. The normalized spacial score (nSPS) is 15.9. The monoisotopic (exact) mass is 459 g/mol. The molecule has 0 radical (unpaired) electrons. The number of carbonyl (C=O) groups is 1. The van der Waals surface area contributed by atoms with E-state index in [1.54, 1.807) is 17.5 Å². The Morgan fingerprint density at radius 2 is 1.76 bits per heavy atom. The Labute approximate surface area is 173 Å². The molecule has 2 aromatic rings.